The number of rotatable bonds is 7. The Morgan fingerprint density at radius 2 is 1.57 bits per heavy atom. The number of aromatic nitrogens is 2. The SMILES string of the molecule is O=C(NCCCN1CCCCC1)C1CCN(c2ccc(N3CCOCC3)nn2)CC1. The van der Waals surface area contributed by atoms with Crippen molar-refractivity contribution in [1.29, 1.82) is 0 Å². The van der Waals surface area contributed by atoms with E-state index in [1.54, 1.807) is 0 Å². The largest absolute Gasteiger partial charge is 0.378 e. The number of amides is 1. The van der Waals surface area contributed by atoms with Crippen molar-refractivity contribution in [1.82, 2.24) is 20.4 Å². The highest BCUT2D eigenvalue weighted by Crippen LogP contribution is 2.23. The molecule has 1 N–H and O–H groups in total. The molecule has 4 heterocycles. The van der Waals surface area contributed by atoms with Gasteiger partial charge in [0.1, 0.15) is 0 Å². The van der Waals surface area contributed by atoms with Crippen molar-refractivity contribution in [3.63, 3.8) is 0 Å². The molecule has 3 aliphatic heterocycles. The summed E-state index contributed by atoms with van der Waals surface area (Å²) in [6.45, 7) is 9.30. The molecule has 166 valence electrons. The summed E-state index contributed by atoms with van der Waals surface area (Å²) in [4.78, 5) is 19.5. The lowest BCUT2D eigenvalue weighted by molar-refractivity contribution is -0.125. The molecule has 1 amide bonds. The summed E-state index contributed by atoms with van der Waals surface area (Å²) < 4.78 is 5.40. The van der Waals surface area contributed by atoms with Crippen molar-refractivity contribution in [3.05, 3.63) is 12.1 Å². The lowest BCUT2D eigenvalue weighted by Gasteiger charge is -2.32. The first-order valence-electron chi connectivity index (χ1n) is 11.7. The zero-order valence-electron chi connectivity index (χ0n) is 18.1. The maximum absolute atomic E-state index is 12.5. The molecule has 3 aliphatic rings. The van der Waals surface area contributed by atoms with E-state index in [0.29, 0.717) is 0 Å². The smallest absolute Gasteiger partial charge is 0.223 e. The second-order valence-corrected chi connectivity index (χ2v) is 8.66. The minimum atomic E-state index is 0.122. The lowest BCUT2D eigenvalue weighted by Crippen LogP contribution is -2.41. The average Bonchev–Trinajstić information content (AvgIpc) is 2.83. The molecule has 0 saturated carbocycles. The molecule has 0 bridgehead atoms. The number of nitrogens with zero attached hydrogens (tertiary/aromatic N) is 5. The monoisotopic (exact) mass is 416 g/mol. The Hall–Kier alpha value is -1.93. The van der Waals surface area contributed by atoms with Gasteiger partial charge in [-0.2, -0.15) is 0 Å². The van der Waals surface area contributed by atoms with Crippen LogP contribution in [0.5, 0.6) is 0 Å². The number of morpholine rings is 1. The summed E-state index contributed by atoms with van der Waals surface area (Å²) in [5.41, 5.74) is 0. The van der Waals surface area contributed by atoms with Crippen LogP contribution >= 0.6 is 0 Å². The zero-order valence-corrected chi connectivity index (χ0v) is 18.1. The summed E-state index contributed by atoms with van der Waals surface area (Å²) in [7, 11) is 0. The van der Waals surface area contributed by atoms with Gasteiger partial charge in [0.25, 0.3) is 0 Å². The summed E-state index contributed by atoms with van der Waals surface area (Å²) in [6.07, 6.45) is 6.83. The molecule has 8 heteroatoms. The van der Waals surface area contributed by atoms with E-state index in [1.807, 2.05) is 0 Å². The van der Waals surface area contributed by atoms with E-state index < -0.39 is 0 Å². The number of nitrogens with one attached hydrogen (secondary N) is 1. The molecule has 0 aromatic carbocycles. The van der Waals surface area contributed by atoms with Crippen LogP contribution in [-0.4, -0.2) is 86.6 Å². The molecule has 0 radical (unpaired) electrons. The Morgan fingerprint density at radius 1 is 0.933 bits per heavy atom. The van der Waals surface area contributed by atoms with Gasteiger partial charge in [0, 0.05) is 38.6 Å². The molecular weight excluding hydrogens is 380 g/mol. The maximum atomic E-state index is 12.5. The Morgan fingerprint density at radius 3 is 2.20 bits per heavy atom. The number of likely N-dealkylation sites (tertiary alicyclic amines) is 1. The fourth-order valence-electron chi connectivity index (χ4n) is 4.66. The fourth-order valence-corrected chi connectivity index (χ4v) is 4.66. The molecule has 3 fully saturated rings. The summed E-state index contributed by atoms with van der Waals surface area (Å²) in [5, 5.41) is 12.0. The Balaban J connectivity index is 1.15. The second-order valence-electron chi connectivity index (χ2n) is 8.66. The third-order valence-electron chi connectivity index (χ3n) is 6.56. The summed E-state index contributed by atoms with van der Waals surface area (Å²) in [6, 6.07) is 4.10. The van der Waals surface area contributed by atoms with E-state index in [-0.39, 0.29) is 11.8 Å². The van der Waals surface area contributed by atoms with Gasteiger partial charge < -0.3 is 24.8 Å². The van der Waals surface area contributed by atoms with Crippen LogP contribution in [0.3, 0.4) is 0 Å². The highest BCUT2D eigenvalue weighted by molar-refractivity contribution is 5.78. The molecule has 0 aliphatic carbocycles. The van der Waals surface area contributed by atoms with Crippen LogP contribution in [0.1, 0.15) is 38.5 Å². The molecular formula is C22H36N6O2. The second kappa shape index (κ2) is 10.9. The van der Waals surface area contributed by atoms with Crippen LogP contribution in [0.15, 0.2) is 12.1 Å². The van der Waals surface area contributed by atoms with E-state index in [1.165, 1.54) is 32.4 Å². The van der Waals surface area contributed by atoms with E-state index in [9.17, 15) is 4.79 Å². The van der Waals surface area contributed by atoms with Crippen LogP contribution in [0.25, 0.3) is 0 Å². The predicted molar refractivity (Wildman–Crippen MR) is 118 cm³/mol. The third kappa shape index (κ3) is 5.82. The Labute approximate surface area is 179 Å². The van der Waals surface area contributed by atoms with Gasteiger partial charge in [-0.15, -0.1) is 10.2 Å². The number of hydrogen-bond acceptors (Lipinski definition) is 7. The van der Waals surface area contributed by atoms with Crippen molar-refractivity contribution in [2.75, 3.05) is 75.4 Å². The molecule has 3 saturated heterocycles. The molecule has 0 atom stereocenters. The first kappa shape index (κ1) is 21.3. The van der Waals surface area contributed by atoms with Gasteiger partial charge in [-0.25, -0.2) is 0 Å². The van der Waals surface area contributed by atoms with E-state index in [0.717, 1.165) is 83.4 Å². The topological polar surface area (TPSA) is 73.8 Å². The molecule has 4 rings (SSSR count). The van der Waals surface area contributed by atoms with Crippen molar-refractivity contribution in [2.45, 2.75) is 38.5 Å². The quantitative estimate of drug-likeness (QED) is 0.676. The number of anilines is 2. The van der Waals surface area contributed by atoms with Crippen molar-refractivity contribution in [2.24, 2.45) is 5.92 Å². The van der Waals surface area contributed by atoms with Crippen molar-refractivity contribution < 1.29 is 9.53 Å². The summed E-state index contributed by atoms with van der Waals surface area (Å²) >= 11 is 0. The summed E-state index contributed by atoms with van der Waals surface area (Å²) in [5.74, 6) is 2.17. The highest BCUT2D eigenvalue weighted by atomic mass is 16.5. The number of hydrogen-bond donors (Lipinski definition) is 1. The first-order valence-corrected chi connectivity index (χ1v) is 11.7. The Kier molecular flexibility index (Phi) is 7.75. The normalized spacial score (nSPS) is 21.6. The van der Waals surface area contributed by atoms with Gasteiger partial charge in [0.05, 0.1) is 13.2 Å². The predicted octanol–water partition coefficient (Wildman–Crippen LogP) is 1.52. The fraction of sp³-hybridized carbons (Fsp3) is 0.773. The minimum Gasteiger partial charge on any atom is -0.378 e. The van der Waals surface area contributed by atoms with Gasteiger partial charge in [-0.1, -0.05) is 6.42 Å². The number of ether oxygens (including phenoxy) is 1. The Bertz CT molecular complexity index is 650. The number of piperidine rings is 2. The van der Waals surface area contributed by atoms with E-state index in [4.69, 9.17) is 4.74 Å². The van der Waals surface area contributed by atoms with Gasteiger partial charge in [-0.05, 0) is 63.9 Å². The van der Waals surface area contributed by atoms with Crippen molar-refractivity contribution >= 4 is 17.5 Å². The zero-order chi connectivity index (χ0) is 20.6. The van der Waals surface area contributed by atoms with Crippen LogP contribution in [0, 0.1) is 5.92 Å². The molecule has 1 aromatic heterocycles. The highest BCUT2D eigenvalue weighted by Gasteiger charge is 2.26. The third-order valence-corrected chi connectivity index (χ3v) is 6.56. The van der Waals surface area contributed by atoms with Gasteiger partial charge in [0.2, 0.25) is 5.91 Å². The van der Waals surface area contributed by atoms with Gasteiger partial charge in [-0.3, -0.25) is 4.79 Å². The van der Waals surface area contributed by atoms with Gasteiger partial charge in [0.15, 0.2) is 11.6 Å². The van der Waals surface area contributed by atoms with Crippen molar-refractivity contribution in [3.8, 4) is 0 Å². The number of carbonyl (C=O) groups is 1. The average molecular weight is 417 g/mol. The van der Waals surface area contributed by atoms with Crippen LogP contribution < -0.4 is 15.1 Å². The molecule has 8 nitrogen and oxygen atoms in total. The number of carbonyl (C=O) groups excluding carboxylic acids is 1. The molecule has 1 aromatic rings. The molecule has 0 unspecified atom stereocenters. The minimum absolute atomic E-state index is 0.122. The molecule has 30 heavy (non-hydrogen) atoms. The standard InChI is InChI=1S/C22H36N6O2/c29-22(23-9-4-12-26-10-2-1-3-11-26)19-7-13-27(14-8-19)20-5-6-21(25-24-20)28-15-17-30-18-16-28/h5-6,19H,1-4,7-18H2,(H,23,29). The maximum Gasteiger partial charge on any atom is 0.223 e. The van der Waals surface area contributed by atoms with E-state index in [2.05, 4.69) is 42.3 Å². The van der Waals surface area contributed by atoms with E-state index >= 15 is 0 Å². The molecule has 0 spiro atoms. The first-order chi connectivity index (χ1) is 14.8. The lowest BCUT2D eigenvalue weighted by atomic mass is 9.96. The van der Waals surface area contributed by atoms with Crippen LogP contribution in [0.4, 0.5) is 11.6 Å². The van der Waals surface area contributed by atoms with Crippen LogP contribution in [0.2, 0.25) is 0 Å². The van der Waals surface area contributed by atoms with Crippen LogP contribution in [-0.2, 0) is 9.53 Å². The van der Waals surface area contributed by atoms with Gasteiger partial charge >= 0.3 is 0 Å².